The van der Waals surface area contributed by atoms with Crippen LogP contribution in [0.3, 0.4) is 0 Å². The molecule has 0 amide bonds. The molecule has 0 saturated carbocycles. The molecule has 2 fully saturated rings. The van der Waals surface area contributed by atoms with Crippen LogP contribution in [-0.2, 0) is 29.0 Å². The molecular weight excluding hydrogens is 374 g/mol. The Kier molecular flexibility index (Phi) is 7.66. The van der Waals surface area contributed by atoms with E-state index in [9.17, 15) is 13.2 Å². The Morgan fingerprint density at radius 1 is 1.22 bits per heavy atom. The number of aliphatic hydroxyl groups is 1. The third-order valence-corrected chi connectivity index (χ3v) is 7.57. The van der Waals surface area contributed by atoms with Gasteiger partial charge in [0.1, 0.15) is 5.60 Å². The van der Waals surface area contributed by atoms with Gasteiger partial charge in [0.05, 0.1) is 6.10 Å². The second-order valence-corrected chi connectivity index (χ2v) is 10.4. The number of sulfonamides is 1. The summed E-state index contributed by atoms with van der Waals surface area (Å²) < 4.78 is 43.2. The van der Waals surface area contributed by atoms with Gasteiger partial charge in [-0.05, 0) is 40.0 Å². The molecule has 0 aromatic rings. The smallest absolute Gasteiger partial charge is 0.329 e. The van der Waals surface area contributed by atoms with Crippen molar-refractivity contribution in [3.8, 4) is 0 Å². The number of rotatable bonds is 7. The summed E-state index contributed by atoms with van der Waals surface area (Å²) in [6.45, 7) is 6.83. The Morgan fingerprint density at radius 3 is 2.33 bits per heavy atom. The predicted molar refractivity (Wildman–Crippen MR) is 99.8 cm³/mol. The quantitative estimate of drug-likeness (QED) is 0.497. The van der Waals surface area contributed by atoms with Crippen LogP contribution >= 0.6 is 0 Å². The minimum Gasteiger partial charge on any atom is -0.459 e. The van der Waals surface area contributed by atoms with Gasteiger partial charge in [0.25, 0.3) is 0 Å². The van der Waals surface area contributed by atoms with Crippen LogP contribution in [0.2, 0.25) is 0 Å². The van der Waals surface area contributed by atoms with Crippen LogP contribution in [0.25, 0.3) is 0 Å². The summed E-state index contributed by atoms with van der Waals surface area (Å²) in [6, 6.07) is 0. The zero-order valence-electron chi connectivity index (χ0n) is 16.6. The zero-order chi connectivity index (χ0) is 20.1. The molecule has 27 heavy (non-hydrogen) atoms. The number of carbonyl (C=O) groups is 1. The molecule has 9 heteroatoms. The van der Waals surface area contributed by atoms with Crippen molar-refractivity contribution in [2.75, 3.05) is 39.5 Å². The van der Waals surface area contributed by atoms with Crippen molar-refractivity contribution in [2.24, 2.45) is 0 Å². The Morgan fingerprint density at radius 2 is 1.81 bits per heavy atom. The van der Waals surface area contributed by atoms with Crippen molar-refractivity contribution in [2.45, 2.75) is 69.3 Å². The van der Waals surface area contributed by atoms with Crippen LogP contribution < -0.4 is 0 Å². The first-order valence-electron chi connectivity index (χ1n) is 9.66. The normalized spacial score (nSPS) is 22.5. The molecule has 0 radical (unpaired) electrons. The Balaban J connectivity index is 2.12. The van der Waals surface area contributed by atoms with Gasteiger partial charge in [-0.3, -0.25) is 4.79 Å². The standard InChI is InChI=1S/C18H33NO7S/c1-17(2,3)26-16(21)18(7-13-24-14-8-18)27(22,23)19-9-5-15(6-10-19)25-12-4-11-20/h15,20H,4-14H2,1-3H3. The molecule has 8 nitrogen and oxygen atoms in total. The molecule has 2 rings (SSSR count). The van der Waals surface area contributed by atoms with Gasteiger partial charge in [0.2, 0.25) is 10.0 Å². The fourth-order valence-electron chi connectivity index (χ4n) is 3.44. The van der Waals surface area contributed by atoms with E-state index in [-0.39, 0.29) is 38.8 Å². The molecule has 0 aliphatic carbocycles. The number of ether oxygens (including phenoxy) is 3. The highest BCUT2D eigenvalue weighted by atomic mass is 32.2. The van der Waals surface area contributed by atoms with Crippen molar-refractivity contribution in [1.82, 2.24) is 4.31 Å². The van der Waals surface area contributed by atoms with Crippen molar-refractivity contribution in [1.29, 1.82) is 0 Å². The molecule has 0 spiro atoms. The van der Waals surface area contributed by atoms with E-state index >= 15 is 0 Å². The van der Waals surface area contributed by atoms with E-state index < -0.39 is 26.3 Å². The number of hydrogen-bond donors (Lipinski definition) is 1. The minimum atomic E-state index is -3.88. The van der Waals surface area contributed by atoms with E-state index in [0.29, 0.717) is 39.0 Å². The summed E-state index contributed by atoms with van der Waals surface area (Å²) in [5, 5.41) is 8.83. The molecule has 0 bridgehead atoms. The summed E-state index contributed by atoms with van der Waals surface area (Å²) >= 11 is 0. The van der Waals surface area contributed by atoms with E-state index in [2.05, 4.69) is 0 Å². The first-order chi connectivity index (χ1) is 12.6. The first kappa shape index (κ1) is 22.5. The third kappa shape index (κ3) is 5.41. The van der Waals surface area contributed by atoms with Crippen molar-refractivity contribution in [3.63, 3.8) is 0 Å². The number of carbonyl (C=O) groups excluding carboxylic acids is 1. The fraction of sp³-hybridized carbons (Fsp3) is 0.944. The van der Waals surface area contributed by atoms with Gasteiger partial charge in [-0.25, -0.2) is 12.7 Å². The highest BCUT2D eigenvalue weighted by molar-refractivity contribution is 7.91. The van der Waals surface area contributed by atoms with Gasteiger partial charge < -0.3 is 19.3 Å². The molecule has 2 saturated heterocycles. The van der Waals surface area contributed by atoms with Gasteiger partial charge >= 0.3 is 5.97 Å². The minimum absolute atomic E-state index is 0.0184. The molecule has 0 aromatic heterocycles. The van der Waals surface area contributed by atoms with Gasteiger partial charge in [-0.2, -0.15) is 0 Å². The van der Waals surface area contributed by atoms with Gasteiger partial charge in [-0.15, -0.1) is 0 Å². The summed E-state index contributed by atoms with van der Waals surface area (Å²) in [5.74, 6) is -0.681. The predicted octanol–water partition coefficient (Wildman–Crippen LogP) is 1.07. The lowest BCUT2D eigenvalue weighted by molar-refractivity contribution is -0.161. The number of esters is 1. The van der Waals surface area contributed by atoms with Crippen molar-refractivity contribution < 1.29 is 32.5 Å². The zero-order valence-corrected chi connectivity index (χ0v) is 17.4. The molecule has 0 unspecified atom stereocenters. The lowest BCUT2D eigenvalue weighted by Gasteiger charge is -2.41. The Hall–Kier alpha value is -0.740. The topological polar surface area (TPSA) is 102 Å². The van der Waals surface area contributed by atoms with Gasteiger partial charge in [0.15, 0.2) is 4.75 Å². The lowest BCUT2D eigenvalue weighted by atomic mass is 9.99. The fourth-order valence-corrected chi connectivity index (χ4v) is 5.56. The van der Waals surface area contributed by atoms with Crippen LogP contribution in [0.1, 0.15) is 52.9 Å². The first-order valence-corrected chi connectivity index (χ1v) is 11.1. The van der Waals surface area contributed by atoms with Gasteiger partial charge in [-0.1, -0.05) is 0 Å². The third-order valence-electron chi connectivity index (χ3n) is 4.96. The maximum absolute atomic E-state index is 13.5. The van der Waals surface area contributed by atoms with E-state index in [4.69, 9.17) is 19.3 Å². The van der Waals surface area contributed by atoms with Crippen LogP contribution in [0, 0.1) is 0 Å². The number of piperidine rings is 1. The Bertz CT molecular complexity index is 585. The summed E-state index contributed by atoms with van der Waals surface area (Å²) in [4.78, 5) is 12.9. The second kappa shape index (κ2) is 9.17. The number of hydrogen-bond acceptors (Lipinski definition) is 7. The number of nitrogens with zero attached hydrogens (tertiary/aromatic N) is 1. The average Bonchev–Trinajstić information content (AvgIpc) is 2.61. The lowest BCUT2D eigenvalue weighted by Crippen LogP contribution is -2.59. The molecular formula is C18H33NO7S. The molecule has 1 N–H and O–H groups in total. The van der Waals surface area contributed by atoms with Crippen LogP contribution in [0.4, 0.5) is 0 Å². The largest absolute Gasteiger partial charge is 0.459 e. The van der Waals surface area contributed by atoms with Crippen LogP contribution in [-0.4, -0.2) is 79.8 Å². The average molecular weight is 408 g/mol. The summed E-state index contributed by atoms with van der Waals surface area (Å²) in [6.07, 6.45) is 1.92. The van der Waals surface area contributed by atoms with E-state index in [0.717, 1.165) is 0 Å². The maximum atomic E-state index is 13.5. The number of aliphatic hydroxyl groups excluding tert-OH is 1. The Labute approximate surface area is 162 Å². The summed E-state index contributed by atoms with van der Waals surface area (Å²) in [5.41, 5.74) is -0.758. The van der Waals surface area contributed by atoms with E-state index in [1.54, 1.807) is 20.8 Å². The molecule has 2 aliphatic rings. The molecule has 158 valence electrons. The van der Waals surface area contributed by atoms with E-state index in [1.807, 2.05) is 0 Å². The van der Waals surface area contributed by atoms with Gasteiger partial charge in [0, 0.05) is 52.4 Å². The van der Waals surface area contributed by atoms with Crippen molar-refractivity contribution >= 4 is 16.0 Å². The highest BCUT2D eigenvalue weighted by Gasteiger charge is 2.56. The molecule has 0 aromatic carbocycles. The monoisotopic (exact) mass is 407 g/mol. The SMILES string of the molecule is CC(C)(C)OC(=O)C1(S(=O)(=O)N2CCC(OCCCO)CC2)CCOCC1. The van der Waals surface area contributed by atoms with Crippen LogP contribution in [0.5, 0.6) is 0 Å². The molecule has 2 heterocycles. The summed E-state index contributed by atoms with van der Waals surface area (Å²) in [7, 11) is -3.88. The van der Waals surface area contributed by atoms with Crippen LogP contribution in [0.15, 0.2) is 0 Å². The highest BCUT2D eigenvalue weighted by Crippen LogP contribution is 2.36. The van der Waals surface area contributed by atoms with E-state index in [1.165, 1.54) is 4.31 Å². The maximum Gasteiger partial charge on any atom is 0.329 e. The second-order valence-electron chi connectivity index (χ2n) is 8.16. The molecule has 2 aliphatic heterocycles. The molecule has 0 atom stereocenters. The van der Waals surface area contributed by atoms with Crippen molar-refractivity contribution in [3.05, 3.63) is 0 Å².